The van der Waals surface area contributed by atoms with E-state index in [1.165, 1.54) is 0 Å². The number of ether oxygens (including phenoxy) is 1. The van der Waals surface area contributed by atoms with Gasteiger partial charge in [-0.2, -0.15) is 0 Å². The van der Waals surface area contributed by atoms with Crippen molar-refractivity contribution in [1.82, 2.24) is 0 Å². The summed E-state index contributed by atoms with van der Waals surface area (Å²) in [6.45, 7) is 2.63. The molecule has 2 aromatic carbocycles. The van der Waals surface area contributed by atoms with Gasteiger partial charge in [-0.3, -0.25) is 4.79 Å². The number of hydrogen-bond acceptors (Lipinski definition) is 2. The maximum atomic E-state index is 11.0. The summed E-state index contributed by atoms with van der Waals surface area (Å²) in [5.41, 5.74) is 0.758. The third-order valence-corrected chi connectivity index (χ3v) is 2.79. The van der Waals surface area contributed by atoms with E-state index in [0.717, 1.165) is 22.8 Å². The van der Waals surface area contributed by atoms with E-state index in [-0.39, 0.29) is 6.42 Å². The summed E-state index contributed by atoms with van der Waals surface area (Å²) in [4.78, 5) is 11.0. The Balaban J connectivity index is 2.51. The molecule has 3 nitrogen and oxygen atoms in total. The summed E-state index contributed by atoms with van der Waals surface area (Å²) >= 11 is 0. The van der Waals surface area contributed by atoms with Crippen LogP contribution >= 0.6 is 0 Å². The van der Waals surface area contributed by atoms with Gasteiger partial charge in [0.2, 0.25) is 0 Å². The highest BCUT2D eigenvalue weighted by atomic mass is 16.5. The monoisotopic (exact) mass is 244 g/mol. The first-order valence-electron chi connectivity index (χ1n) is 6.07. The van der Waals surface area contributed by atoms with Gasteiger partial charge in [0, 0.05) is 5.56 Å². The maximum absolute atomic E-state index is 11.0. The van der Waals surface area contributed by atoms with Gasteiger partial charge in [0.15, 0.2) is 0 Å². The Labute approximate surface area is 106 Å². The van der Waals surface area contributed by atoms with Crippen molar-refractivity contribution in [2.45, 2.75) is 19.8 Å². The second-order valence-corrected chi connectivity index (χ2v) is 4.18. The van der Waals surface area contributed by atoms with Crippen molar-refractivity contribution in [3.05, 3.63) is 42.0 Å². The largest absolute Gasteiger partial charge is 0.493 e. The lowest BCUT2D eigenvalue weighted by Crippen LogP contribution is -2.05. The molecule has 0 aliphatic rings. The molecule has 0 heterocycles. The summed E-state index contributed by atoms with van der Waals surface area (Å²) in [7, 11) is 0. The second-order valence-electron chi connectivity index (χ2n) is 4.18. The van der Waals surface area contributed by atoms with Crippen LogP contribution < -0.4 is 4.74 Å². The summed E-state index contributed by atoms with van der Waals surface area (Å²) in [6.07, 6.45) is 0.889. The third kappa shape index (κ3) is 2.62. The van der Waals surface area contributed by atoms with E-state index in [1.807, 2.05) is 43.3 Å². The molecule has 18 heavy (non-hydrogen) atoms. The van der Waals surface area contributed by atoms with Crippen LogP contribution in [0.4, 0.5) is 0 Å². The van der Waals surface area contributed by atoms with Crippen LogP contribution in [-0.2, 0) is 11.2 Å². The molecular formula is C15H16O3. The van der Waals surface area contributed by atoms with Gasteiger partial charge in [0.1, 0.15) is 5.75 Å². The molecule has 0 fully saturated rings. The standard InChI is InChI=1S/C15H16O3/c1-2-9-18-14-8-7-11-5-3-4-6-12(11)13(14)10-15(16)17/h3-8H,2,9-10H2,1H3,(H,16,17). The molecule has 2 rings (SSSR count). The van der Waals surface area contributed by atoms with Gasteiger partial charge in [-0.25, -0.2) is 0 Å². The van der Waals surface area contributed by atoms with Gasteiger partial charge in [-0.1, -0.05) is 37.3 Å². The molecule has 0 aliphatic carbocycles. The number of carboxylic acids is 1. The number of rotatable bonds is 5. The molecule has 1 N–H and O–H groups in total. The van der Waals surface area contributed by atoms with Crippen LogP contribution in [-0.4, -0.2) is 17.7 Å². The van der Waals surface area contributed by atoms with E-state index in [9.17, 15) is 4.79 Å². The van der Waals surface area contributed by atoms with Crippen molar-refractivity contribution >= 4 is 16.7 Å². The number of carbonyl (C=O) groups is 1. The third-order valence-electron chi connectivity index (χ3n) is 2.79. The number of hydrogen-bond donors (Lipinski definition) is 1. The molecule has 0 saturated carbocycles. The van der Waals surface area contributed by atoms with Crippen molar-refractivity contribution < 1.29 is 14.6 Å². The molecular weight excluding hydrogens is 228 g/mol. The highest BCUT2D eigenvalue weighted by Crippen LogP contribution is 2.28. The Kier molecular flexibility index (Phi) is 3.82. The van der Waals surface area contributed by atoms with Gasteiger partial charge in [0.05, 0.1) is 13.0 Å². The zero-order valence-corrected chi connectivity index (χ0v) is 10.3. The summed E-state index contributed by atoms with van der Waals surface area (Å²) in [5.74, 6) is -0.161. The average Bonchev–Trinajstić information content (AvgIpc) is 2.37. The highest BCUT2D eigenvalue weighted by Gasteiger charge is 2.12. The minimum Gasteiger partial charge on any atom is -0.493 e. The van der Waals surface area contributed by atoms with Crippen LogP contribution in [0, 0.1) is 0 Å². The van der Waals surface area contributed by atoms with Crippen LogP contribution in [0.25, 0.3) is 10.8 Å². The van der Waals surface area contributed by atoms with Crippen LogP contribution in [0.3, 0.4) is 0 Å². The van der Waals surface area contributed by atoms with Gasteiger partial charge < -0.3 is 9.84 Å². The first-order valence-corrected chi connectivity index (χ1v) is 6.07. The zero-order chi connectivity index (χ0) is 13.0. The topological polar surface area (TPSA) is 46.5 Å². The maximum Gasteiger partial charge on any atom is 0.307 e. The molecule has 0 unspecified atom stereocenters. The normalized spacial score (nSPS) is 10.5. The molecule has 0 aromatic heterocycles. The lowest BCUT2D eigenvalue weighted by Gasteiger charge is -2.12. The highest BCUT2D eigenvalue weighted by molar-refractivity contribution is 5.90. The minimum atomic E-state index is -0.840. The van der Waals surface area contributed by atoms with Crippen molar-refractivity contribution in [2.75, 3.05) is 6.61 Å². The van der Waals surface area contributed by atoms with Crippen molar-refractivity contribution in [1.29, 1.82) is 0 Å². The van der Waals surface area contributed by atoms with Gasteiger partial charge >= 0.3 is 5.97 Å². The van der Waals surface area contributed by atoms with Gasteiger partial charge in [-0.05, 0) is 23.3 Å². The number of fused-ring (bicyclic) bond motifs is 1. The Morgan fingerprint density at radius 2 is 2.00 bits per heavy atom. The molecule has 2 aromatic rings. The molecule has 94 valence electrons. The van der Waals surface area contributed by atoms with Crippen LogP contribution in [0.5, 0.6) is 5.75 Å². The van der Waals surface area contributed by atoms with E-state index in [1.54, 1.807) is 0 Å². The van der Waals surface area contributed by atoms with E-state index >= 15 is 0 Å². The molecule has 0 spiro atoms. The lowest BCUT2D eigenvalue weighted by atomic mass is 10.0. The number of carboxylic acid groups (broad SMARTS) is 1. The first kappa shape index (κ1) is 12.4. The van der Waals surface area contributed by atoms with Gasteiger partial charge in [0.25, 0.3) is 0 Å². The summed E-state index contributed by atoms with van der Waals surface area (Å²) in [6, 6.07) is 11.6. The smallest absolute Gasteiger partial charge is 0.307 e. The quantitative estimate of drug-likeness (QED) is 0.878. The first-order chi connectivity index (χ1) is 8.72. The van der Waals surface area contributed by atoms with Crippen molar-refractivity contribution in [2.24, 2.45) is 0 Å². The number of benzene rings is 2. The fourth-order valence-electron chi connectivity index (χ4n) is 2.00. The molecule has 0 aliphatic heterocycles. The molecule has 3 heteroatoms. The Morgan fingerprint density at radius 3 is 2.72 bits per heavy atom. The lowest BCUT2D eigenvalue weighted by molar-refractivity contribution is -0.136. The van der Waals surface area contributed by atoms with E-state index in [2.05, 4.69) is 0 Å². The molecule has 0 bridgehead atoms. The molecule has 0 amide bonds. The zero-order valence-electron chi connectivity index (χ0n) is 10.3. The van der Waals surface area contributed by atoms with Crippen LogP contribution in [0.15, 0.2) is 36.4 Å². The molecule has 0 radical (unpaired) electrons. The minimum absolute atomic E-state index is 0.0135. The average molecular weight is 244 g/mol. The summed E-state index contributed by atoms with van der Waals surface area (Å²) in [5, 5.41) is 11.0. The Morgan fingerprint density at radius 1 is 1.22 bits per heavy atom. The van der Waals surface area contributed by atoms with E-state index < -0.39 is 5.97 Å². The van der Waals surface area contributed by atoms with Crippen LogP contribution in [0.2, 0.25) is 0 Å². The predicted octanol–water partition coefficient (Wildman–Crippen LogP) is 3.26. The van der Waals surface area contributed by atoms with E-state index in [0.29, 0.717) is 12.4 Å². The van der Waals surface area contributed by atoms with Crippen LogP contribution in [0.1, 0.15) is 18.9 Å². The fourth-order valence-corrected chi connectivity index (χ4v) is 2.00. The summed E-state index contributed by atoms with van der Waals surface area (Å²) < 4.78 is 5.63. The SMILES string of the molecule is CCCOc1ccc2ccccc2c1CC(=O)O. The van der Waals surface area contributed by atoms with Gasteiger partial charge in [-0.15, -0.1) is 0 Å². The van der Waals surface area contributed by atoms with Crippen molar-refractivity contribution in [3.63, 3.8) is 0 Å². The number of aliphatic carboxylic acids is 1. The fraction of sp³-hybridized carbons (Fsp3) is 0.267. The molecule has 0 saturated heterocycles. The molecule has 0 atom stereocenters. The Bertz CT molecular complexity index is 561. The second kappa shape index (κ2) is 5.54. The Hall–Kier alpha value is -2.03. The predicted molar refractivity (Wildman–Crippen MR) is 71.1 cm³/mol. The van der Waals surface area contributed by atoms with Crippen molar-refractivity contribution in [3.8, 4) is 5.75 Å². The van der Waals surface area contributed by atoms with E-state index in [4.69, 9.17) is 9.84 Å².